The van der Waals surface area contributed by atoms with Crippen LogP contribution in [0.2, 0.25) is 0 Å². The minimum atomic E-state index is -1.07. The summed E-state index contributed by atoms with van der Waals surface area (Å²) in [6, 6.07) is 13.4. The van der Waals surface area contributed by atoms with Gasteiger partial charge in [0.05, 0.1) is 28.7 Å². The van der Waals surface area contributed by atoms with Crippen molar-refractivity contribution in [2.45, 2.75) is 15.0 Å². The van der Waals surface area contributed by atoms with E-state index in [0.29, 0.717) is 17.1 Å². The third kappa shape index (κ3) is 3.01. The van der Waals surface area contributed by atoms with Gasteiger partial charge in [0.1, 0.15) is 5.75 Å². The molecular formula is C17H17NO3S2. The molecule has 4 nitrogen and oxygen atoms in total. The molecule has 2 aromatic rings. The average molecular weight is 347 g/mol. The topological polar surface area (TPSA) is 55.4 Å². The fourth-order valence-electron chi connectivity index (χ4n) is 2.69. The van der Waals surface area contributed by atoms with Crippen molar-refractivity contribution in [3.05, 3.63) is 53.6 Å². The molecule has 23 heavy (non-hydrogen) atoms. The lowest BCUT2D eigenvalue weighted by atomic mass is 10.1. The third-order valence-corrected chi connectivity index (χ3v) is 6.65. The van der Waals surface area contributed by atoms with Crippen LogP contribution in [0.25, 0.3) is 0 Å². The number of hydrogen-bond acceptors (Lipinski definition) is 4. The van der Waals surface area contributed by atoms with Gasteiger partial charge < -0.3 is 10.1 Å². The lowest BCUT2D eigenvalue weighted by molar-refractivity contribution is 0.0960. The van der Waals surface area contributed by atoms with Crippen LogP contribution in [0.3, 0.4) is 0 Å². The SMILES string of the molecule is CNC(=O)c1ccc2c(c1OC)C(Sc1ccccc1)CS2=O. The summed E-state index contributed by atoms with van der Waals surface area (Å²) in [6.45, 7) is 0. The predicted molar refractivity (Wildman–Crippen MR) is 92.7 cm³/mol. The van der Waals surface area contributed by atoms with E-state index in [4.69, 9.17) is 4.74 Å². The Balaban J connectivity index is 2.06. The number of methoxy groups -OCH3 is 1. The Bertz CT molecular complexity index is 762. The molecule has 0 spiro atoms. The lowest BCUT2D eigenvalue weighted by Gasteiger charge is -2.16. The highest BCUT2D eigenvalue weighted by Gasteiger charge is 2.34. The van der Waals surface area contributed by atoms with E-state index in [0.717, 1.165) is 15.4 Å². The molecule has 1 aliphatic heterocycles. The molecule has 0 aliphatic carbocycles. The first kappa shape index (κ1) is 16.1. The van der Waals surface area contributed by atoms with Crippen molar-refractivity contribution in [1.29, 1.82) is 0 Å². The molecule has 1 aliphatic rings. The van der Waals surface area contributed by atoms with Crippen LogP contribution in [0.4, 0.5) is 0 Å². The summed E-state index contributed by atoms with van der Waals surface area (Å²) in [4.78, 5) is 13.9. The highest BCUT2D eigenvalue weighted by molar-refractivity contribution is 8.00. The van der Waals surface area contributed by atoms with Crippen molar-refractivity contribution in [1.82, 2.24) is 5.32 Å². The molecule has 0 fully saturated rings. The number of nitrogens with one attached hydrogen (secondary N) is 1. The molecule has 2 aromatic carbocycles. The van der Waals surface area contributed by atoms with E-state index in [-0.39, 0.29) is 11.2 Å². The molecule has 2 unspecified atom stereocenters. The van der Waals surface area contributed by atoms with Gasteiger partial charge in [-0.2, -0.15) is 0 Å². The zero-order valence-corrected chi connectivity index (χ0v) is 14.5. The van der Waals surface area contributed by atoms with E-state index in [1.807, 2.05) is 30.3 Å². The fourth-order valence-corrected chi connectivity index (χ4v) is 5.72. The van der Waals surface area contributed by atoms with Gasteiger partial charge in [0.15, 0.2) is 0 Å². The molecule has 120 valence electrons. The highest BCUT2D eigenvalue weighted by Crippen LogP contribution is 2.48. The van der Waals surface area contributed by atoms with Crippen LogP contribution in [-0.4, -0.2) is 30.0 Å². The van der Waals surface area contributed by atoms with Gasteiger partial charge in [-0.25, -0.2) is 0 Å². The number of rotatable bonds is 4. The first-order valence-corrected chi connectivity index (χ1v) is 9.38. The van der Waals surface area contributed by atoms with E-state index in [9.17, 15) is 9.00 Å². The summed E-state index contributed by atoms with van der Waals surface area (Å²) in [5.41, 5.74) is 1.35. The molecule has 0 saturated heterocycles. The molecule has 6 heteroatoms. The summed E-state index contributed by atoms with van der Waals surface area (Å²) >= 11 is 1.65. The maximum atomic E-state index is 12.4. The van der Waals surface area contributed by atoms with E-state index < -0.39 is 10.8 Å². The Morgan fingerprint density at radius 3 is 2.65 bits per heavy atom. The van der Waals surface area contributed by atoms with Crippen LogP contribution in [0.15, 0.2) is 52.3 Å². The molecule has 3 rings (SSSR count). The van der Waals surface area contributed by atoms with E-state index in [1.54, 1.807) is 38.1 Å². The van der Waals surface area contributed by atoms with Gasteiger partial charge in [0.2, 0.25) is 0 Å². The maximum absolute atomic E-state index is 12.4. The highest BCUT2D eigenvalue weighted by atomic mass is 32.2. The predicted octanol–water partition coefficient (Wildman–Crippen LogP) is 3.01. The number of fused-ring (bicyclic) bond motifs is 1. The molecule has 0 bridgehead atoms. The zero-order chi connectivity index (χ0) is 16.4. The van der Waals surface area contributed by atoms with Gasteiger partial charge in [-0.3, -0.25) is 9.00 Å². The monoisotopic (exact) mass is 347 g/mol. The number of carbonyl (C=O) groups excluding carboxylic acids is 1. The summed E-state index contributed by atoms with van der Waals surface area (Å²) in [6.07, 6.45) is 0. The smallest absolute Gasteiger partial charge is 0.254 e. The molecule has 1 heterocycles. The average Bonchev–Trinajstić information content (AvgIpc) is 2.90. The van der Waals surface area contributed by atoms with Crippen molar-refractivity contribution in [3.8, 4) is 5.75 Å². The van der Waals surface area contributed by atoms with Gasteiger partial charge in [-0.1, -0.05) is 18.2 Å². The largest absolute Gasteiger partial charge is 0.496 e. The second-order valence-corrected chi connectivity index (χ2v) is 7.81. The van der Waals surface area contributed by atoms with Crippen molar-refractivity contribution < 1.29 is 13.7 Å². The van der Waals surface area contributed by atoms with Crippen molar-refractivity contribution >= 4 is 28.5 Å². The van der Waals surface area contributed by atoms with Gasteiger partial charge in [-0.15, -0.1) is 11.8 Å². The Morgan fingerprint density at radius 2 is 2.00 bits per heavy atom. The third-order valence-electron chi connectivity index (χ3n) is 3.72. The molecule has 0 saturated carbocycles. The van der Waals surface area contributed by atoms with Crippen molar-refractivity contribution in [2.75, 3.05) is 19.9 Å². The lowest BCUT2D eigenvalue weighted by Crippen LogP contribution is -2.19. The fraction of sp³-hybridized carbons (Fsp3) is 0.235. The first-order valence-electron chi connectivity index (χ1n) is 7.18. The van der Waals surface area contributed by atoms with Gasteiger partial charge >= 0.3 is 0 Å². The Kier molecular flexibility index (Phi) is 4.73. The minimum absolute atomic E-state index is 0.00721. The Labute approximate surface area is 142 Å². The van der Waals surface area contributed by atoms with Crippen LogP contribution >= 0.6 is 11.8 Å². The molecular weight excluding hydrogens is 330 g/mol. The Hall–Kier alpha value is -1.79. The Morgan fingerprint density at radius 1 is 1.26 bits per heavy atom. The summed E-state index contributed by atoms with van der Waals surface area (Å²) in [7, 11) is 2.07. The first-order chi connectivity index (χ1) is 11.2. The second-order valence-electron chi connectivity index (χ2n) is 5.07. The van der Waals surface area contributed by atoms with Crippen molar-refractivity contribution in [3.63, 3.8) is 0 Å². The number of amides is 1. The molecule has 1 amide bonds. The van der Waals surface area contributed by atoms with Gasteiger partial charge in [0, 0.05) is 28.2 Å². The molecule has 1 N–H and O–H groups in total. The zero-order valence-electron chi connectivity index (χ0n) is 12.9. The van der Waals surface area contributed by atoms with E-state index in [2.05, 4.69) is 5.32 Å². The van der Waals surface area contributed by atoms with Crippen LogP contribution in [0.1, 0.15) is 21.2 Å². The van der Waals surface area contributed by atoms with Gasteiger partial charge in [0.25, 0.3) is 5.91 Å². The van der Waals surface area contributed by atoms with Crippen LogP contribution in [0.5, 0.6) is 5.75 Å². The normalized spacial score (nSPS) is 19.2. The summed E-state index contributed by atoms with van der Waals surface area (Å²) in [5.74, 6) is 0.856. The number of hydrogen-bond donors (Lipinski definition) is 1. The second kappa shape index (κ2) is 6.76. The van der Waals surface area contributed by atoms with Crippen LogP contribution < -0.4 is 10.1 Å². The summed E-state index contributed by atoms with van der Waals surface area (Å²) in [5, 5.41) is 2.63. The molecule has 2 atom stereocenters. The number of benzene rings is 2. The molecule has 0 radical (unpaired) electrons. The van der Waals surface area contributed by atoms with Crippen LogP contribution in [-0.2, 0) is 10.8 Å². The van der Waals surface area contributed by atoms with Crippen LogP contribution in [0, 0.1) is 0 Å². The van der Waals surface area contributed by atoms with Gasteiger partial charge in [-0.05, 0) is 24.3 Å². The number of thioether (sulfide) groups is 1. The maximum Gasteiger partial charge on any atom is 0.254 e. The standard InChI is InChI=1S/C17H17NO3S2/c1-18-17(19)12-8-9-14-15(16(12)21-2)13(10-23(14)20)22-11-6-4-3-5-7-11/h3-9,13H,10H2,1-2H3,(H,18,19). The number of carbonyl (C=O) groups is 1. The van der Waals surface area contributed by atoms with E-state index >= 15 is 0 Å². The number of ether oxygens (including phenoxy) is 1. The molecule has 0 aromatic heterocycles. The minimum Gasteiger partial charge on any atom is -0.496 e. The van der Waals surface area contributed by atoms with Crippen molar-refractivity contribution in [2.24, 2.45) is 0 Å². The quantitative estimate of drug-likeness (QED) is 0.924. The van der Waals surface area contributed by atoms with E-state index in [1.165, 1.54) is 0 Å². The summed E-state index contributed by atoms with van der Waals surface area (Å²) < 4.78 is 17.9.